The molecule has 0 heterocycles. The van der Waals surface area contributed by atoms with Crippen molar-refractivity contribution in [3.63, 3.8) is 0 Å². The fraction of sp³-hybridized carbons (Fsp3) is 0.267. The topological polar surface area (TPSA) is 87.7 Å². The monoisotopic (exact) mass is 695 g/mol. The van der Waals surface area contributed by atoms with Crippen LogP contribution >= 0.6 is 0 Å². The van der Waals surface area contributed by atoms with Gasteiger partial charge in [0.15, 0.2) is 5.78 Å². The zero-order valence-electron chi connectivity index (χ0n) is 30.2. The lowest BCUT2D eigenvalue weighted by Crippen LogP contribution is -2.37. The van der Waals surface area contributed by atoms with Crippen molar-refractivity contribution in [1.29, 1.82) is 0 Å². The van der Waals surface area contributed by atoms with Crippen molar-refractivity contribution in [3.8, 4) is 11.1 Å². The lowest BCUT2D eigenvalue weighted by Gasteiger charge is -2.21. The molecule has 0 radical (unpaired) electrons. The molecule has 5 aromatic rings. The van der Waals surface area contributed by atoms with Gasteiger partial charge in [-0.15, -0.1) is 0 Å². The van der Waals surface area contributed by atoms with E-state index in [1.54, 1.807) is 30.1 Å². The summed E-state index contributed by atoms with van der Waals surface area (Å²) in [6.45, 7) is 3.10. The third kappa shape index (κ3) is 10.9. The van der Waals surface area contributed by atoms with Crippen molar-refractivity contribution < 1.29 is 19.1 Å². The van der Waals surface area contributed by atoms with Crippen molar-refractivity contribution >= 4 is 29.2 Å². The Hall–Kier alpha value is -5.69. The van der Waals surface area contributed by atoms with Crippen molar-refractivity contribution in [2.24, 2.45) is 0 Å². The summed E-state index contributed by atoms with van der Waals surface area (Å²) in [5, 5.41) is 6.39. The number of rotatable bonds is 18. The van der Waals surface area contributed by atoms with Crippen LogP contribution in [0.25, 0.3) is 11.1 Å². The van der Waals surface area contributed by atoms with Gasteiger partial charge in [0, 0.05) is 48.9 Å². The summed E-state index contributed by atoms with van der Waals surface area (Å²) in [6, 6.07) is 41.4. The van der Waals surface area contributed by atoms with Gasteiger partial charge in [0.05, 0.1) is 6.61 Å². The van der Waals surface area contributed by atoms with E-state index in [0.717, 1.165) is 40.8 Å². The van der Waals surface area contributed by atoms with Gasteiger partial charge in [0.25, 0.3) is 0 Å². The van der Waals surface area contributed by atoms with Crippen LogP contribution in [0.5, 0.6) is 0 Å². The summed E-state index contributed by atoms with van der Waals surface area (Å²) in [5.41, 5.74) is 6.41. The number of anilines is 2. The van der Waals surface area contributed by atoms with Crippen LogP contribution in [0.15, 0.2) is 133 Å². The number of benzene rings is 5. The first-order valence-electron chi connectivity index (χ1n) is 18.3. The summed E-state index contributed by atoms with van der Waals surface area (Å²) in [7, 11) is 1.78. The Labute approximate surface area is 308 Å². The minimum absolute atomic E-state index is 0.121. The Kier molecular flexibility index (Phi) is 14.2. The SMILES string of the molecule is CCCCCCCNC(=O)N(C)c1cccc(-c2ccc(CC(Nc3ccccc3C(=O)c3ccccc3)C(=O)OCCc3ccccc3)cc2)c1. The van der Waals surface area contributed by atoms with Gasteiger partial charge in [-0.1, -0.05) is 142 Å². The number of amides is 2. The van der Waals surface area contributed by atoms with Crippen LogP contribution in [0.1, 0.15) is 66.1 Å². The lowest BCUT2D eigenvalue weighted by atomic mass is 9.98. The normalized spacial score (nSPS) is 11.3. The number of para-hydroxylation sites is 1. The highest BCUT2D eigenvalue weighted by molar-refractivity contribution is 6.12. The van der Waals surface area contributed by atoms with Gasteiger partial charge in [-0.05, 0) is 52.9 Å². The molecule has 0 spiro atoms. The molecule has 0 bridgehead atoms. The molecule has 5 rings (SSSR count). The Morgan fingerprint density at radius 2 is 1.38 bits per heavy atom. The van der Waals surface area contributed by atoms with Crippen molar-refractivity contribution in [1.82, 2.24) is 5.32 Å². The van der Waals surface area contributed by atoms with Crippen LogP contribution in [0.4, 0.5) is 16.2 Å². The van der Waals surface area contributed by atoms with Crippen LogP contribution < -0.4 is 15.5 Å². The standard InChI is InChI=1S/C45H49N3O4/c1-3-4-5-6-15-30-46-45(51)48(2)39-22-16-21-38(33-39)36-27-25-35(26-28-36)32-42(44(50)52-31-29-34-17-9-7-10-18-34)47-41-24-14-13-23-40(41)43(49)37-19-11-8-12-20-37/h7-14,16-28,33,42,47H,3-6,15,29-32H2,1-2H3,(H,46,51). The zero-order chi connectivity index (χ0) is 36.5. The number of hydrogen-bond acceptors (Lipinski definition) is 5. The molecule has 52 heavy (non-hydrogen) atoms. The van der Waals surface area contributed by atoms with Gasteiger partial charge in [0.1, 0.15) is 6.04 Å². The second-order valence-corrected chi connectivity index (χ2v) is 13.0. The summed E-state index contributed by atoms with van der Waals surface area (Å²) >= 11 is 0. The summed E-state index contributed by atoms with van der Waals surface area (Å²) in [4.78, 5) is 41.6. The first-order chi connectivity index (χ1) is 25.4. The van der Waals surface area contributed by atoms with Gasteiger partial charge in [-0.25, -0.2) is 9.59 Å². The van der Waals surface area contributed by atoms with E-state index in [0.29, 0.717) is 36.2 Å². The molecule has 7 heteroatoms. The Bertz CT molecular complexity index is 1880. The molecule has 2 amide bonds. The van der Waals surface area contributed by atoms with Gasteiger partial charge < -0.3 is 15.4 Å². The molecule has 0 fully saturated rings. The third-order valence-corrected chi connectivity index (χ3v) is 9.12. The molecule has 5 aromatic carbocycles. The number of carbonyl (C=O) groups is 3. The van der Waals surface area contributed by atoms with Gasteiger partial charge in [-0.3, -0.25) is 9.69 Å². The number of nitrogens with one attached hydrogen (secondary N) is 2. The quantitative estimate of drug-likeness (QED) is 0.0542. The van der Waals surface area contributed by atoms with Crippen molar-refractivity contribution in [2.75, 3.05) is 30.4 Å². The molecule has 1 unspecified atom stereocenters. The van der Waals surface area contributed by atoms with Crippen LogP contribution in [-0.4, -0.2) is 44.0 Å². The molecule has 0 saturated heterocycles. The van der Waals surface area contributed by atoms with Crippen LogP contribution in [-0.2, 0) is 22.4 Å². The van der Waals surface area contributed by atoms with E-state index in [2.05, 4.69) is 17.6 Å². The first-order valence-corrected chi connectivity index (χ1v) is 18.3. The maximum atomic E-state index is 13.7. The second kappa shape index (κ2) is 19.6. The number of nitrogens with zero attached hydrogens (tertiary/aromatic N) is 1. The van der Waals surface area contributed by atoms with E-state index in [1.165, 1.54) is 19.3 Å². The number of urea groups is 1. The number of ketones is 1. The molecule has 1 atom stereocenters. The average molecular weight is 696 g/mol. The number of carbonyl (C=O) groups excluding carboxylic acids is 3. The molecule has 7 nitrogen and oxygen atoms in total. The molecule has 2 N–H and O–H groups in total. The predicted molar refractivity (Wildman–Crippen MR) is 211 cm³/mol. The van der Waals surface area contributed by atoms with Gasteiger partial charge in [0.2, 0.25) is 0 Å². The maximum Gasteiger partial charge on any atom is 0.328 e. The third-order valence-electron chi connectivity index (χ3n) is 9.12. The van der Waals surface area contributed by atoms with E-state index >= 15 is 0 Å². The minimum Gasteiger partial charge on any atom is -0.464 e. The molecule has 0 saturated carbocycles. The fourth-order valence-corrected chi connectivity index (χ4v) is 6.07. The minimum atomic E-state index is -0.742. The van der Waals surface area contributed by atoms with E-state index in [9.17, 15) is 14.4 Å². The Balaban J connectivity index is 1.29. The van der Waals surface area contributed by atoms with Crippen LogP contribution in [0, 0.1) is 0 Å². The summed E-state index contributed by atoms with van der Waals surface area (Å²) < 4.78 is 5.81. The highest BCUT2D eigenvalue weighted by atomic mass is 16.5. The van der Waals surface area contributed by atoms with Crippen LogP contribution in [0.2, 0.25) is 0 Å². The maximum absolute atomic E-state index is 13.7. The lowest BCUT2D eigenvalue weighted by molar-refractivity contribution is -0.144. The smallest absolute Gasteiger partial charge is 0.328 e. The van der Waals surface area contributed by atoms with E-state index in [-0.39, 0.29) is 18.4 Å². The highest BCUT2D eigenvalue weighted by Gasteiger charge is 2.24. The fourth-order valence-electron chi connectivity index (χ4n) is 6.07. The van der Waals surface area contributed by atoms with E-state index in [4.69, 9.17) is 4.74 Å². The molecule has 0 aliphatic carbocycles. The Morgan fingerprint density at radius 3 is 2.13 bits per heavy atom. The molecule has 268 valence electrons. The van der Waals surface area contributed by atoms with E-state index in [1.807, 2.05) is 115 Å². The van der Waals surface area contributed by atoms with Crippen molar-refractivity contribution in [3.05, 3.63) is 156 Å². The predicted octanol–water partition coefficient (Wildman–Crippen LogP) is 9.51. The molecular weight excluding hydrogens is 647 g/mol. The Morgan fingerprint density at radius 1 is 0.692 bits per heavy atom. The molecular formula is C45H49N3O4. The first kappa shape index (κ1) is 37.6. The van der Waals surface area contributed by atoms with E-state index < -0.39 is 12.0 Å². The average Bonchev–Trinajstić information content (AvgIpc) is 3.19. The number of unbranched alkanes of at least 4 members (excludes halogenated alkanes) is 4. The largest absolute Gasteiger partial charge is 0.464 e. The number of ether oxygens (including phenoxy) is 1. The second-order valence-electron chi connectivity index (χ2n) is 13.0. The number of hydrogen-bond donors (Lipinski definition) is 2. The highest BCUT2D eigenvalue weighted by Crippen LogP contribution is 2.26. The van der Waals surface area contributed by atoms with Crippen LogP contribution in [0.3, 0.4) is 0 Å². The van der Waals surface area contributed by atoms with Gasteiger partial charge >= 0.3 is 12.0 Å². The van der Waals surface area contributed by atoms with Crippen molar-refractivity contribution in [2.45, 2.75) is 57.9 Å². The van der Waals surface area contributed by atoms with Gasteiger partial charge in [-0.2, -0.15) is 0 Å². The molecule has 0 aliphatic heterocycles. The summed E-state index contributed by atoms with van der Waals surface area (Å²) in [6.07, 6.45) is 6.67. The molecule has 0 aliphatic rings. The molecule has 0 aromatic heterocycles. The number of esters is 1. The zero-order valence-corrected chi connectivity index (χ0v) is 30.2. The summed E-state index contributed by atoms with van der Waals surface area (Å²) in [5.74, 6) is -0.519.